The number of nitrogens with one attached hydrogen (secondary N) is 1. The molecule has 3 aliphatic heterocycles. The van der Waals surface area contributed by atoms with E-state index < -0.39 is 0 Å². The molecule has 0 saturated carbocycles. The number of hydrogen-bond donors (Lipinski definition) is 1. The van der Waals surface area contributed by atoms with Gasteiger partial charge in [0.05, 0.1) is 6.54 Å². The van der Waals surface area contributed by atoms with Crippen LogP contribution in [0.2, 0.25) is 0 Å². The minimum absolute atomic E-state index is 0.389. The second kappa shape index (κ2) is 12.0. The Kier molecular flexibility index (Phi) is 10.1. The van der Waals surface area contributed by atoms with Crippen LogP contribution in [0.1, 0.15) is 59.3 Å². The zero-order valence-electron chi connectivity index (χ0n) is 18.4. The van der Waals surface area contributed by atoms with Gasteiger partial charge in [-0.05, 0) is 96.7 Å². The third kappa shape index (κ3) is 7.35. The van der Waals surface area contributed by atoms with E-state index in [1.807, 2.05) is 13.8 Å². The van der Waals surface area contributed by atoms with Crippen molar-refractivity contribution in [3.8, 4) is 0 Å². The fourth-order valence-electron chi connectivity index (χ4n) is 4.60. The van der Waals surface area contributed by atoms with Gasteiger partial charge in [0.25, 0.3) is 0 Å². The van der Waals surface area contributed by atoms with E-state index in [1.165, 1.54) is 38.8 Å². The zero-order valence-corrected chi connectivity index (χ0v) is 18.4. The number of piperidine rings is 3. The molecule has 0 atom stereocenters. The molecule has 3 saturated heterocycles. The molecule has 0 unspecified atom stereocenters. The molecule has 3 heterocycles. The molecule has 0 aliphatic carbocycles. The van der Waals surface area contributed by atoms with Crippen LogP contribution in [0.15, 0.2) is 0 Å². The summed E-state index contributed by atoms with van der Waals surface area (Å²) in [6.07, 6.45) is 7.22. The lowest BCUT2D eigenvalue weighted by Gasteiger charge is -2.40. The number of carbonyl (C=O) groups excluding carboxylic acids is 1. The van der Waals surface area contributed by atoms with E-state index in [2.05, 4.69) is 34.0 Å². The van der Waals surface area contributed by atoms with Gasteiger partial charge >= 0.3 is 0 Å². The van der Waals surface area contributed by atoms with Crippen molar-refractivity contribution in [2.75, 3.05) is 59.4 Å². The highest BCUT2D eigenvalue weighted by Gasteiger charge is 2.30. The summed E-state index contributed by atoms with van der Waals surface area (Å²) in [5.41, 5.74) is 0. The van der Waals surface area contributed by atoms with Gasteiger partial charge in [-0.1, -0.05) is 20.8 Å². The van der Waals surface area contributed by atoms with Gasteiger partial charge in [0, 0.05) is 12.6 Å². The van der Waals surface area contributed by atoms with Crippen molar-refractivity contribution in [2.24, 2.45) is 11.8 Å². The van der Waals surface area contributed by atoms with Crippen LogP contribution in [0.4, 0.5) is 0 Å². The minimum Gasteiger partial charge on any atom is -0.338 e. The second-order valence-corrected chi connectivity index (χ2v) is 8.73. The predicted molar refractivity (Wildman–Crippen MR) is 114 cm³/mol. The highest BCUT2D eigenvalue weighted by molar-refractivity contribution is 5.78. The van der Waals surface area contributed by atoms with Crippen LogP contribution in [0.5, 0.6) is 0 Å². The molecule has 0 aromatic heterocycles. The van der Waals surface area contributed by atoms with Gasteiger partial charge in [-0.25, -0.2) is 0 Å². The second-order valence-electron chi connectivity index (χ2n) is 8.73. The standard InChI is InChI=1S/C20H38N4O.C2H6/c1-17-5-13-23(14-6-17)16-20(25)24(19-3-9-21-10-4-19)15-18-7-11-22(2)12-8-18;1-2/h17-19,21H,3-16H2,1-2H3;1-2H3. The molecule has 0 radical (unpaired) electrons. The monoisotopic (exact) mass is 380 g/mol. The van der Waals surface area contributed by atoms with Gasteiger partial charge in [0.1, 0.15) is 0 Å². The molecular weight excluding hydrogens is 336 g/mol. The molecule has 158 valence electrons. The summed E-state index contributed by atoms with van der Waals surface area (Å²) >= 11 is 0. The smallest absolute Gasteiger partial charge is 0.237 e. The Hall–Kier alpha value is -0.650. The normalized spacial score (nSPS) is 24.3. The number of rotatable bonds is 5. The quantitative estimate of drug-likeness (QED) is 0.796. The van der Waals surface area contributed by atoms with E-state index in [0.29, 0.717) is 24.4 Å². The summed E-state index contributed by atoms with van der Waals surface area (Å²) in [6, 6.07) is 0.456. The average Bonchev–Trinajstić information content (AvgIpc) is 2.71. The molecular formula is C22H44N4O. The summed E-state index contributed by atoms with van der Waals surface area (Å²) in [7, 11) is 2.21. The first kappa shape index (κ1) is 22.6. The molecule has 3 aliphatic rings. The topological polar surface area (TPSA) is 38.8 Å². The maximum absolute atomic E-state index is 13.2. The molecule has 27 heavy (non-hydrogen) atoms. The van der Waals surface area contributed by atoms with Crippen LogP contribution in [0, 0.1) is 11.8 Å². The lowest BCUT2D eigenvalue weighted by molar-refractivity contribution is -0.136. The van der Waals surface area contributed by atoms with Crippen molar-refractivity contribution in [1.82, 2.24) is 20.0 Å². The number of nitrogens with zero attached hydrogens (tertiary/aromatic N) is 3. The average molecular weight is 381 g/mol. The van der Waals surface area contributed by atoms with E-state index in [0.717, 1.165) is 51.5 Å². The fourth-order valence-corrected chi connectivity index (χ4v) is 4.60. The highest BCUT2D eigenvalue weighted by atomic mass is 16.2. The largest absolute Gasteiger partial charge is 0.338 e. The Morgan fingerprint density at radius 2 is 1.56 bits per heavy atom. The number of hydrogen-bond acceptors (Lipinski definition) is 4. The van der Waals surface area contributed by atoms with Gasteiger partial charge in [0.2, 0.25) is 5.91 Å². The Labute approximate surface area is 167 Å². The Balaban J connectivity index is 0.00000126. The summed E-state index contributed by atoms with van der Waals surface area (Å²) in [6.45, 7) is 14.6. The fraction of sp³-hybridized carbons (Fsp3) is 0.955. The molecule has 5 nitrogen and oxygen atoms in total. The molecule has 0 bridgehead atoms. The predicted octanol–water partition coefficient (Wildman–Crippen LogP) is 2.67. The third-order valence-corrected chi connectivity index (χ3v) is 6.60. The molecule has 3 fully saturated rings. The zero-order chi connectivity index (χ0) is 19.6. The molecule has 1 amide bonds. The van der Waals surface area contributed by atoms with Crippen molar-refractivity contribution < 1.29 is 4.79 Å². The van der Waals surface area contributed by atoms with E-state index in [1.54, 1.807) is 0 Å². The van der Waals surface area contributed by atoms with Gasteiger partial charge in [-0.2, -0.15) is 0 Å². The molecule has 1 N–H and O–H groups in total. The van der Waals surface area contributed by atoms with Crippen molar-refractivity contribution in [1.29, 1.82) is 0 Å². The lowest BCUT2D eigenvalue weighted by Crippen LogP contribution is -2.52. The van der Waals surface area contributed by atoms with E-state index >= 15 is 0 Å². The van der Waals surface area contributed by atoms with E-state index in [9.17, 15) is 4.79 Å². The number of carbonyl (C=O) groups is 1. The summed E-state index contributed by atoms with van der Waals surface area (Å²) < 4.78 is 0. The first-order valence-electron chi connectivity index (χ1n) is 11.5. The highest BCUT2D eigenvalue weighted by Crippen LogP contribution is 2.22. The lowest BCUT2D eigenvalue weighted by atomic mass is 9.94. The summed E-state index contributed by atoms with van der Waals surface area (Å²) in [5.74, 6) is 1.91. The Bertz CT molecular complexity index is 409. The molecule has 0 aromatic carbocycles. The van der Waals surface area contributed by atoms with Crippen LogP contribution >= 0.6 is 0 Å². The summed E-state index contributed by atoms with van der Waals surface area (Å²) in [4.78, 5) is 20.3. The van der Waals surface area contributed by atoms with Gasteiger partial charge in [-0.3, -0.25) is 9.69 Å². The maximum Gasteiger partial charge on any atom is 0.237 e. The van der Waals surface area contributed by atoms with Crippen molar-refractivity contribution >= 4 is 5.91 Å². The summed E-state index contributed by atoms with van der Waals surface area (Å²) in [5, 5.41) is 3.45. The maximum atomic E-state index is 13.2. The van der Waals surface area contributed by atoms with E-state index in [-0.39, 0.29) is 0 Å². The van der Waals surface area contributed by atoms with Crippen LogP contribution in [-0.4, -0.2) is 86.1 Å². The molecule has 5 heteroatoms. The van der Waals surface area contributed by atoms with Crippen LogP contribution in [-0.2, 0) is 4.79 Å². The SMILES string of the molecule is CC.CC1CCN(CC(=O)N(CC2CCN(C)CC2)C2CCNCC2)CC1. The van der Waals surface area contributed by atoms with Gasteiger partial charge in [0.15, 0.2) is 0 Å². The number of amides is 1. The molecule has 0 spiro atoms. The first-order chi connectivity index (χ1) is 13.1. The van der Waals surface area contributed by atoms with Crippen molar-refractivity contribution in [3.63, 3.8) is 0 Å². The Morgan fingerprint density at radius 3 is 2.15 bits per heavy atom. The molecule has 3 rings (SSSR count). The van der Waals surface area contributed by atoms with E-state index in [4.69, 9.17) is 0 Å². The first-order valence-corrected chi connectivity index (χ1v) is 11.5. The number of likely N-dealkylation sites (tertiary alicyclic amines) is 2. The van der Waals surface area contributed by atoms with Gasteiger partial charge in [-0.15, -0.1) is 0 Å². The molecule has 0 aromatic rings. The van der Waals surface area contributed by atoms with Crippen LogP contribution in [0.25, 0.3) is 0 Å². The third-order valence-electron chi connectivity index (χ3n) is 6.60. The van der Waals surface area contributed by atoms with Crippen molar-refractivity contribution in [2.45, 2.75) is 65.3 Å². The minimum atomic E-state index is 0.389. The van der Waals surface area contributed by atoms with Gasteiger partial charge < -0.3 is 15.1 Å². The van der Waals surface area contributed by atoms with Crippen LogP contribution in [0.3, 0.4) is 0 Å². The van der Waals surface area contributed by atoms with Crippen LogP contribution < -0.4 is 5.32 Å². The van der Waals surface area contributed by atoms with Crippen molar-refractivity contribution in [3.05, 3.63) is 0 Å². The Morgan fingerprint density at radius 1 is 0.963 bits per heavy atom.